The van der Waals surface area contributed by atoms with Crippen LogP contribution in [0, 0.1) is 5.41 Å². The highest BCUT2D eigenvalue weighted by molar-refractivity contribution is 9.10. The molecule has 1 aliphatic carbocycles. The first kappa shape index (κ1) is 13.1. The van der Waals surface area contributed by atoms with Crippen LogP contribution in [0.25, 0.3) is 0 Å². The Morgan fingerprint density at radius 3 is 2.50 bits per heavy atom. The van der Waals surface area contributed by atoms with Gasteiger partial charge in [-0.25, -0.2) is 0 Å². The largest absolute Gasteiger partial charge is 0.481 e. The fourth-order valence-corrected chi connectivity index (χ4v) is 2.40. The van der Waals surface area contributed by atoms with Crippen molar-refractivity contribution in [3.05, 3.63) is 28.7 Å². The molecule has 0 heterocycles. The van der Waals surface area contributed by atoms with E-state index in [1.54, 1.807) is 6.07 Å². The molecule has 0 aromatic heterocycles. The molecule has 1 aliphatic rings. The first-order valence-corrected chi connectivity index (χ1v) is 6.56. The van der Waals surface area contributed by atoms with Crippen molar-refractivity contribution in [2.45, 2.75) is 25.7 Å². The molecule has 0 unspecified atom stereocenters. The molecule has 18 heavy (non-hydrogen) atoms. The van der Waals surface area contributed by atoms with Crippen LogP contribution in [0.5, 0.6) is 0 Å². The predicted octanol–water partition coefficient (Wildman–Crippen LogP) is 3.03. The SMILES string of the molecule is O=C(O)CC1(CC(=O)Nc2ccccc2Br)CC1. The lowest BCUT2D eigenvalue weighted by Crippen LogP contribution is -2.19. The zero-order valence-corrected chi connectivity index (χ0v) is 11.4. The van der Waals surface area contributed by atoms with Crippen LogP contribution >= 0.6 is 15.9 Å². The molecule has 0 radical (unpaired) electrons. The van der Waals surface area contributed by atoms with Crippen LogP contribution in [0.1, 0.15) is 25.7 Å². The summed E-state index contributed by atoms with van der Waals surface area (Å²) in [6.45, 7) is 0. The van der Waals surface area contributed by atoms with Gasteiger partial charge in [0, 0.05) is 10.9 Å². The van der Waals surface area contributed by atoms with E-state index in [9.17, 15) is 9.59 Å². The van der Waals surface area contributed by atoms with Crippen LogP contribution in [-0.2, 0) is 9.59 Å². The number of carbonyl (C=O) groups is 2. The second kappa shape index (κ2) is 5.10. The summed E-state index contributed by atoms with van der Waals surface area (Å²) in [5.74, 6) is -0.957. The smallest absolute Gasteiger partial charge is 0.303 e. The van der Waals surface area contributed by atoms with Gasteiger partial charge in [0.05, 0.1) is 12.1 Å². The molecule has 5 heteroatoms. The molecule has 0 spiro atoms. The molecule has 1 fully saturated rings. The Bertz CT molecular complexity index is 483. The summed E-state index contributed by atoms with van der Waals surface area (Å²) in [5, 5.41) is 11.6. The fourth-order valence-electron chi connectivity index (χ4n) is 2.01. The molecule has 1 saturated carbocycles. The fraction of sp³-hybridized carbons (Fsp3) is 0.385. The minimum atomic E-state index is -0.832. The third kappa shape index (κ3) is 3.32. The van der Waals surface area contributed by atoms with Gasteiger partial charge in [0.25, 0.3) is 0 Å². The summed E-state index contributed by atoms with van der Waals surface area (Å²) < 4.78 is 0.821. The highest BCUT2D eigenvalue weighted by Crippen LogP contribution is 2.51. The lowest BCUT2D eigenvalue weighted by atomic mass is 9.98. The Hall–Kier alpha value is -1.36. The third-order valence-corrected chi connectivity index (χ3v) is 3.86. The molecular formula is C13H14BrNO3. The first-order valence-electron chi connectivity index (χ1n) is 5.77. The predicted molar refractivity (Wildman–Crippen MR) is 71.3 cm³/mol. The van der Waals surface area contributed by atoms with Gasteiger partial charge in [-0.2, -0.15) is 0 Å². The zero-order chi connectivity index (χ0) is 13.2. The van der Waals surface area contributed by atoms with Crippen LogP contribution in [-0.4, -0.2) is 17.0 Å². The van der Waals surface area contributed by atoms with Gasteiger partial charge in [0.2, 0.25) is 5.91 Å². The first-order chi connectivity index (χ1) is 8.51. The number of rotatable bonds is 5. The third-order valence-electron chi connectivity index (χ3n) is 3.17. The Kier molecular flexibility index (Phi) is 3.71. The van der Waals surface area contributed by atoms with E-state index in [1.165, 1.54) is 0 Å². The topological polar surface area (TPSA) is 66.4 Å². The van der Waals surface area contributed by atoms with Crippen molar-refractivity contribution in [3.63, 3.8) is 0 Å². The molecule has 4 nitrogen and oxygen atoms in total. The maximum Gasteiger partial charge on any atom is 0.303 e. The summed E-state index contributed by atoms with van der Waals surface area (Å²) in [7, 11) is 0. The maximum absolute atomic E-state index is 11.9. The van der Waals surface area contributed by atoms with E-state index in [0.29, 0.717) is 5.69 Å². The summed E-state index contributed by atoms with van der Waals surface area (Å²) in [5.41, 5.74) is 0.408. The van der Waals surface area contributed by atoms with Gasteiger partial charge < -0.3 is 10.4 Å². The minimum Gasteiger partial charge on any atom is -0.481 e. The van der Waals surface area contributed by atoms with Gasteiger partial charge in [0.15, 0.2) is 0 Å². The van der Waals surface area contributed by atoms with Crippen molar-refractivity contribution >= 4 is 33.5 Å². The number of nitrogens with one attached hydrogen (secondary N) is 1. The average molecular weight is 312 g/mol. The highest BCUT2D eigenvalue weighted by atomic mass is 79.9. The Balaban J connectivity index is 1.94. The maximum atomic E-state index is 11.9. The van der Waals surface area contributed by atoms with Gasteiger partial charge in [-0.05, 0) is 46.3 Å². The number of aliphatic carboxylic acids is 1. The molecule has 0 bridgehead atoms. The summed E-state index contributed by atoms with van der Waals surface area (Å²) in [4.78, 5) is 22.6. The Morgan fingerprint density at radius 2 is 1.94 bits per heavy atom. The van der Waals surface area contributed by atoms with E-state index in [4.69, 9.17) is 5.11 Å². The monoisotopic (exact) mass is 311 g/mol. The number of amides is 1. The van der Waals surface area contributed by atoms with Crippen molar-refractivity contribution in [2.75, 3.05) is 5.32 Å². The molecule has 1 amide bonds. The van der Waals surface area contributed by atoms with E-state index in [2.05, 4.69) is 21.2 Å². The Labute approximate surface area is 114 Å². The number of hydrogen-bond donors (Lipinski definition) is 2. The molecule has 0 saturated heterocycles. The highest BCUT2D eigenvalue weighted by Gasteiger charge is 2.45. The number of carboxylic acid groups (broad SMARTS) is 1. The molecular weight excluding hydrogens is 298 g/mol. The van der Waals surface area contributed by atoms with Gasteiger partial charge in [-0.15, -0.1) is 0 Å². The summed E-state index contributed by atoms with van der Waals surface area (Å²) in [6, 6.07) is 7.36. The molecule has 2 rings (SSSR count). The van der Waals surface area contributed by atoms with E-state index >= 15 is 0 Å². The lowest BCUT2D eigenvalue weighted by Gasteiger charge is -2.13. The molecule has 96 valence electrons. The number of anilines is 1. The van der Waals surface area contributed by atoms with Crippen molar-refractivity contribution in [1.82, 2.24) is 0 Å². The second-order valence-electron chi connectivity index (χ2n) is 4.78. The summed E-state index contributed by atoms with van der Waals surface area (Å²) >= 11 is 3.35. The molecule has 0 atom stereocenters. The molecule has 2 N–H and O–H groups in total. The van der Waals surface area contributed by atoms with E-state index in [-0.39, 0.29) is 24.2 Å². The van der Waals surface area contributed by atoms with E-state index < -0.39 is 5.97 Å². The molecule has 0 aliphatic heterocycles. The second-order valence-corrected chi connectivity index (χ2v) is 5.63. The van der Waals surface area contributed by atoms with Gasteiger partial charge in [-0.1, -0.05) is 12.1 Å². The number of hydrogen-bond acceptors (Lipinski definition) is 2. The number of benzene rings is 1. The van der Waals surface area contributed by atoms with Crippen molar-refractivity contribution in [2.24, 2.45) is 5.41 Å². The van der Waals surface area contributed by atoms with E-state index in [0.717, 1.165) is 17.3 Å². The van der Waals surface area contributed by atoms with Crippen molar-refractivity contribution in [1.29, 1.82) is 0 Å². The van der Waals surface area contributed by atoms with Crippen LogP contribution in [0.15, 0.2) is 28.7 Å². The number of carboxylic acids is 1. The number of para-hydroxylation sites is 1. The summed E-state index contributed by atoms with van der Waals surface area (Å²) in [6.07, 6.45) is 2.00. The van der Waals surface area contributed by atoms with Crippen LogP contribution < -0.4 is 5.32 Å². The zero-order valence-electron chi connectivity index (χ0n) is 9.78. The van der Waals surface area contributed by atoms with Gasteiger partial charge in [0.1, 0.15) is 0 Å². The van der Waals surface area contributed by atoms with Crippen LogP contribution in [0.2, 0.25) is 0 Å². The lowest BCUT2D eigenvalue weighted by molar-refractivity contribution is -0.138. The minimum absolute atomic E-state index is 0.0797. The quantitative estimate of drug-likeness (QED) is 0.878. The number of halogens is 1. The number of carbonyl (C=O) groups excluding carboxylic acids is 1. The average Bonchev–Trinajstić information content (AvgIpc) is 3.00. The van der Waals surface area contributed by atoms with Crippen LogP contribution in [0.4, 0.5) is 5.69 Å². The van der Waals surface area contributed by atoms with E-state index in [1.807, 2.05) is 18.2 Å². The molecule has 1 aromatic rings. The van der Waals surface area contributed by atoms with Gasteiger partial charge in [-0.3, -0.25) is 9.59 Å². The normalized spacial score (nSPS) is 16.1. The standard InChI is InChI=1S/C13H14BrNO3/c14-9-3-1-2-4-10(9)15-11(16)7-13(5-6-13)8-12(17)18/h1-4H,5-8H2,(H,15,16)(H,17,18). The van der Waals surface area contributed by atoms with Gasteiger partial charge >= 0.3 is 5.97 Å². The van der Waals surface area contributed by atoms with Crippen LogP contribution in [0.3, 0.4) is 0 Å². The van der Waals surface area contributed by atoms with Crippen molar-refractivity contribution < 1.29 is 14.7 Å². The Morgan fingerprint density at radius 1 is 1.28 bits per heavy atom. The molecule has 1 aromatic carbocycles. The van der Waals surface area contributed by atoms with Crippen molar-refractivity contribution in [3.8, 4) is 0 Å².